The minimum absolute atomic E-state index is 0.106. The Morgan fingerprint density at radius 1 is 0.865 bits per heavy atom. The highest BCUT2D eigenvalue weighted by Gasteiger charge is 2.62. The van der Waals surface area contributed by atoms with Gasteiger partial charge in [-0.1, -0.05) is 71.6 Å². The Labute approximate surface area is 227 Å². The van der Waals surface area contributed by atoms with Gasteiger partial charge in [0.05, 0.1) is 6.10 Å². The lowest BCUT2D eigenvalue weighted by atomic mass is 9.42. The second kappa shape index (κ2) is 12.5. The molecular weight excluding hydrogens is 458 g/mol. The maximum absolute atomic E-state index is 12.5. The van der Waals surface area contributed by atoms with Gasteiger partial charge in [0.25, 0.3) is 0 Å². The van der Waals surface area contributed by atoms with Crippen LogP contribution >= 0.6 is 0 Å². The Hall–Kier alpha value is -0.900. The maximum atomic E-state index is 12.5. The fourth-order valence-corrected chi connectivity index (χ4v) is 9.63. The molecule has 4 heteroatoms. The van der Waals surface area contributed by atoms with Crippen molar-refractivity contribution in [2.45, 2.75) is 142 Å². The normalized spacial score (nSPS) is 39.1. The van der Waals surface area contributed by atoms with E-state index in [4.69, 9.17) is 0 Å². The number of hydrogen-bond acceptors (Lipinski definition) is 3. The summed E-state index contributed by atoms with van der Waals surface area (Å²) in [6.07, 6.45) is 22.1. The van der Waals surface area contributed by atoms with Gasteiger partial charge in [0.15, 0.2) is 0 Å². The first kappa shape index (κ1) is 29.1. The van der Waals surface area contributed by atoms with Crippen LogP contribution in [0, 0.1) is 40.4 Å². The van der Waals surface area contributed by atoms with E-state index >= 15 is 0 Å². The first-order valence-corrected chi connectivity index (χ1v) is 16.1. The predicted octanol–water partition coefficient (Wildman–Crippen LogP) is 7.56. The molecule has 0 spiro atoms. The molecule has 212 valence electrons. The molecule has 4 saturated carbocycles. The number of unbranched alkanes of at least 4 members (excludes halogenated alkanes) is 8. The Morgan fingerprint density at radius 2 is 1.49 bits per heavy atom. The van der Waals surface area contributed by atoms with Crippen LogP contribution in [0.25, 0.3) is 0 Å². The molecule has 0 aliphatic heterocycles. The molecule has 1 N–H and O–H groups in total. The summed E-state index contributed by atoms with van der Waals surface area (Å²) in [6, 6.07) is 0. The molecule has 0 heterocycles. The van der Waals surface area contributed by atoms with Gasteiger partial charge >= 0.3 is 0 Å². The molecule has 4 aliphatic carbocycles. The lowest BCUT2D eigenvalue weighted by Gasteiger charge is -2.62. The highest BCUT2D eigenvalue weighted by atomic mass is 16.3. The van der Waals surface area contributed by atoms with Gasteiger partial charge in [0.2, 0.25) is 5.91 Å². The molecule has 4 nitrogen and oxygen atoms in total. The molecule has 3 unspecified atom stereocenters. The van der Waals surface area contributed by atoms with Crippen LogP contribution in [0.1, 0.15) is 136 Å². The van der Waals surface area contributed by atoms with Crippen molar-refractivity contribution in [1.29, 1.82) is 0 Å². The maximum Gasteiger partial charge on any atom is 0.222 e. The van der Waals surface area contributed by atoms with Crippen LogP contribution in [-0.2, 0) is 9.59 Å². The molecule has 0 saturated heterocycles. The second-order valence-electron chi connectivity index (χ2n) is 14.4. The van der Waals surface area contributed by atoms with Gasteiger partial charge < -0.3 is 10.0 Å². The largest absolute Gasteiger partial charge is 0.393 e. The number of fused-ring (bicyclic) bond motifs is 5. The van der Waals surface area contributed by atoms with Crippen molar-refractivity contribution in [2.24, 2.45) is 40.4 Å². The minimum atomic E-state index is -0.106. The zero-order valence-corrected chi connectivity index (χ0v) is 24.6. The van der Waals surface area contributed by atoms with Crippen molar-refractivity contribution in [3.63, 3.8) is 0 Å². The van der Waals surface area contributed by atoms with E-state index in [1.165, 1.54) is 83.5 Å². The summed E-state index contributed by atoms with van der Waals surface area (Å²) < 4.78 is 0. The summed E-state index contributed by atoms with van der Waals surface area (Å²) in [6.45, 7) is 4.95. The number of nitrogens with zero attached hydrogens (tertiary/aromatic N) is 1. The monoisotopic (exact) mass is 515 g/mol. The first-order valence-electron chi connectivity index (χ1n) is 16.1. The standard InChI is InChI=1S/C33H57NO3/c1-32-20-18-26(35)23-25(32)22-24(31-27-16-17-29(36)33(27,2)21-19-28(31)32)14-12-10-8-6-5-7-9-11-13-15-30(37)34(3)4/h24-25,27-29,31,36H,5-23H2,1-4H3/t24?,25?,27-,28+,29?,31-,32-,33-/m0/s1. The van der Waals surface area contributed by atoms with E-state index in [2.05, 4.69) is 13.8 Å². The van der Waals surface area contributed by atoms with Crippen molar-refractivity contribution < 1.29 is 14.7 Å². The average Bonchev–Trinajstić information content (AvgIpc) is 3.17. The van der Waals surface area contributed by atoms with Crippen molar-refractivity contribution in [3.8, 4) is 0 Å². The molecule has 0 radical (unpaired) electrons. The number of ketones is 1. The smallest absolute Gasteiger partial charge is 0.222 e. The quantitative estimate of drug-likeness (QED) is 0.273. The Balaban J connectivity index is 1.23. The number of carbonyl (C=O) groups excluding carboxylic acids is 2. The fourth-order valence-electron chi connectivity index (χ4n) is 9.63. The van der Waals surface area contributed by atoms with E-state index in [1.807, 2.05) is 14.1 Å². The number of hydrogen-bond donors (Lipinski definition) is 1. The van der Waals surface area contributed by atoms with Gasteiger partial charge in [-0.2, -0.15) is 0 Å². The van der Waals surface area contributed by atoms with E-state index in [0.29, 0.717) is 29.5 Å². The van der Waals surface area contributed by atoms with Crippen molar-refractivity contribution in [1.82, 2.24) is 4.90 Å². The van der Waals surface area contributed by atoms with Crippen LogP contribution in [0.5, 0.6) is 0 Å². The highest BCUT2D eigenvalue weighted by molar-refractivity contribution is 5.79. The molecule has 37 heavy (non-hydrogen) atoms. The minimum Gasteiger partial charge on any atom is -0.393 e. The van der Waals surface area contributed by atoms with E-state index < -0.39 is 0 Å². The van der Waals surface area contributed by atoms with Crippen LogP contribution in [0.3, 0.4) is 0 Å². The number of rotatable bonds is 12. The summed E-state index contributed by atoms with van der Waals surface area (Å²) in [5, 5.41) is 10.9. The van der Waals surface area contributed by atoms with E-state index in [0.717, 1.165) is 49.9 Å². The lowest BCUT2D eigenvalue weighted by Crippen LogP contribution is -2.57. The van der Waals surface area contributed by atoms with Crippen molar-refractivity contribution in [2.75, 3.05) is 14.1 Å². The van der Waals surface area contributed by atoms with Crippen molar-refractivity contribution in [3.05, 3.63) is 0 Å². The van der Waals surface area contributed by atoms with Gasteiger partial charge in [-0.05, 0) is 85.4 Å². The van der Waals surface area contributed by atoms with Crippen LogP contribution in [-0.4, -0.2) is 41.9 Å². The van der Waals surface area contributed by atoms with Gasteiger partial charge in [-0.3, -0.25) is 9.59 Å². The molecule has 1 amide bonds. The van der Waals surface area contributed by atoms with Gasteiger partial charge in [0.1, 0.15) is 5.78 Å². The number of amides is 1. The number of Topliss-reactive ketones (excluding diaryl/α,β-unsaturated/α-hetero) is 1. The van der Waals surface area contributed by atoms with E-state index in [9.17, 15) is 14.7 Å². The molecular formula is C33H57NO3. The first-order chi connectivity index (χ1) is 17.7. The SMILES string of the molecule is CN(C)C(=O)CCCCCCCCCCCC1CC2CC(=O)CC[C@]2(C)[C@@H]2CC[C@]3(C)C(O)CC[C@H]3[C@H]12. The third-order valence-corrected chi connectivity index (χ3v) is 12.1. The third kappa shape index (κ3) is 6.30. The summed E-state index contributed by atoms with van der Waals surface area (Å²) in [7, 11) is 3.68. The highest BCUT2D eigenvalue weighted by Crippen LogP contribution is 2.67. The van der Waals surface area contributed by atoms with Crippen LogP contribution in [0.4, 0.5) is 0 Å². The fraction of sp³-hybridized carbons (Fsp3) is 0.939. The average molecular weight is 516 g/mol. The third-order valence-electron chi connectivity index (χ3n) is 12.1. The van der Waals surface area contributed by atoms with Crippen molar-refractivity contribution >= 4 is 11.7 Å². The Morgan fingerprint density at radius 3 is 2.16 bits per heavy atom. The molecule has 4 fully saturated rings. The molecule has 4 aliphatic rings. The van der Waals surface area contributed by atoms with Gasteiger partial charge in [-0.15, -0.1) is 0 Å². The zero-order chi connectivity index (χ0) is 26.6. The molecule has 0 bridgehead atoms. The van der Waals surface area contributed by atoms with Gasteiger partial charge in [-0.25, -0.2) is 0 Å². The number of carbonyl (C=O) groups is 2. The topological polar surface area (TPSA) is 57.6 Å². The number of aliphatic hydroxyl groups is 1. The molecule has 4 rings (SSSR count). The van der Waals surface area contributed by atoms with Crippen LogP contribution in [0.15, 0.2) is 0 Å². The summed E-state index contributed by atoms with van der Waals surface area (Å²) in [5.41, 5.74) is 0.483. The van der Waals surface area contributed by atoms with E-state index in [1.54, 1.807) is 4.90 Å². The zero-order valence-electron chi connectivity index (χ0n) is 24.6. The van der Waals surface area contributed by atoms with Gasteiger partial charge in [0, 0.05) is 33.4 Å². The molecule has 8 atom stereocenters. The summed E-state index contributed by atoms with van der Waals surface area (Å²) >= 11 is 0. The summed E-state index contributed by atoms with van der Waals surface area (Å²) in [4.78, 5) is 25.8. The Bertz CT molecular complexity index is 780. The predicted molar refractivity (Wildman–Crippen MR) is 151 cm³/mol. The molecule has 0 aromatic heterocycles. The summed E-state index contributed by atoms with van der Waals surface area (Å²) in [5.74, 6) is 4.35. The van der Waals surface area contributed by atoms with E-state index in [-0.39, 0.29) is 17.4 Å². The Kier molecular flexibility index (Phi) is 9.84. The molecule has 0 aromatic carbocycles. The van der Waals surface area contributed by atoms with Crippen LogP contribution in [0.2, 0.25) is 0 Å². The molecule has 0 aromatic rings. The van der Waals surface area contributed by atoms with Crippen LogP contribution < -0.4 is 0 Å². The lowest BCUT2D eigenvalue weighted by molar-refractivity contribution is -0.156. The number of aliphatic hydroxyl groups excluding tert-OH is 1. The second-order valence-corrected chi connectivity index (χ2v) is 14.4.